The lowest BCUT2D eigenvalue weighted by Crippen LogP contribution is -2.54. The average molecular weight is 247 g/mol. The lowest BCUT2D eigenvalue weighted by Gasteiger charge is -2.53. The predicted molar refractivity (Wildman–Crippen MR) is 75.9 cm³/mol. The molecule has 100 valence electrons. The molecular weight excluding hydrogens is 222 g/mol. The first kappa shape index (κ1) is 13.4. The smallest absolute Gasteiger partial charge is 0.119 e. The summed E-state index contributed by atoms with van der Waals surface area (Å²) < 4.78 is 5.68. The van der Waals surface area contributed by atoms with Crippen molar-refractivity contribution in [2.24, 2.45) is 11.1 Å². The summed E-state index contributed by atoms with van der Waals surface area (Å²) in [5.74, 6) is 1.56. The molecule has 1 saturated carbocycles. The van der Waals surface area contributed by atoms with E-state index < -0.39 is 0 Å². The van der Waals surface area contributed by atoms with E-state index >= 15 is 0 Å². The van der Waals surface area contributed by atoms with Gasteiger partial charge in [0.15, 0.2) is 0 Å². The van der Waals surface area contributed by atoms with Gasteiger partial charge >= 0.3 is 0 Å². The van der Waals surface area contributed by atoms with Crippen LogP contribution in [0.1, 0.15) is 52.0 Å². The van der Waals surface area contributed by atoms with Crippen molar-refractivity contribution in [2.45, 2.75) is 58.6 Å². The molecule has 1 aliphatic carbocycles. The Morgan fingerprint density at radius 2 is 1.94 bits per heavy atom. The van der Waals surface area contributed by atoms with Gasteiger partial charge in [-0.2, -0.15) is 0 Å². The average Bonchev–Trinajstić information content (AvgIpc) is 2.35. The summed E-state index contributed by atoms with van der Waals surface area (Å²) in [6, 6.07) is 8.90. The molecule has 1 aromatic carbocycles. The molecule has 0 heterocycles. The fourth-order valence-electron chi connectivity index (χ4n) is 2.97. The Morgan fingerprint density at radius 3 is 2.39 bits per heavy atom. The molecule has 18 heavy (non-hydrogen) atoms. The van der Waals surface area contributed by atoms with Crippen molar-refractivity contribution in [3.05, 3.63) is 29.8 Å². The topological polar surface area (TPSA) is 35.2 Å². The molecule has 1 aromatic rings. The van der Waals surface area contributed by atoms with Gasteiger partial charge in [0.1, 0.15) is 5.75 Å². The van der Waals surface area contributed by atoms with E-state index in [0.29, 0.717) is 12.0 Å². The lowest BCUT2D eigenvalue weighted by molar-refractivity contribution is 0.0705. The van der Waals surface area contributed by atoms with Crippen LogP contribution < -0.4 is 10.5 Å². The predicted octanol–water partition coefficient (Wildman–Crippen LogP) is 3.70. The molecule has 2 nitrogen and oxygen atoms in total. The SMILES string of the molecule is CCC1(C)C(N)CC1c1ccc(OC(C)C)cc1. The number of benzene rings is 1. The number of rotatable bonds is 4. The molecule has 0 radical (unpaired) electrons. The molecule has 3 unspecified atom stereocenters. The van der Waals surface area contributed by atoms with Crippen LogP contribution in [0.25, 0.3) is 0 Å². The molecule has 2 rings (SSSR count). The summed E-state index contributed by atoms with van der Waals surface area (Å²) in [6.07, 6.45) is 2.48. The summed E-state index contributed by atoms with van der Waals surface area (Å²) in [7, 11) is 0. The molecule has 0 aliphatic heterocycles. The van der Waals surface area contributed by atoms with Crippen molar-refractivity contribution >= 4 is 0 Å². The van der Waals surface area contributed by atoms with Crippen LogP contribution in [0.2, 0.25) is 0 Å². The molecule has 1 aliphatic rings. The van der Waals surface area contributed by atoms with Gasteiger partial charge < -0.3 is 10.5 Å². The number of hydrogen-bond acceptors (Lipinski definition) is 2. The Kier molecular flexibility index (Phi) is 3.67. The van der Waals surface area contributed by atoms with E-state index in [0.717, 1.165) is 18.6 Å². The molecule has 1 fully saturated rings. The van der Waals surface area contributed by atoms with Crippen LogP contribution in [0, 0.1) is 5.41 Å². The maximum absolute atomic E-state index is 6.17. The highest BCUT2D eigenvalue weighted by atomic mass is 16.5. The molecular formula is C16H25NO. The Balaban J connectivity index is 2.11. The van der Waals surface area contributed by atoms with E-state index in [1.54, 1.807) is 0 Å². The van der Waals surface area contributed by atoms with Crippen LogP contribution in [0.5, 0.6) is 5.75 Å². The van der Waals surface area contributed by atoms with Gasteiger partial charge in [0.25, 0.3) is 0 Å². The minimum Gasteiger partial charge on any atom is -0.491 e. The molecule has 3 atom stereocenters. The van der Waals surface area contributed by atoms with Crippen molar-refractivity contribution in [3.63, 3.8) is 0 Å². The van der Waals surface area contributed by atoms with Crippen molar-refractivity contribution < 1.29 is 4.74 Å². The monoisotopic (exact) mass is 247 g/mol. The van der Waals surface area contributed by atoms with Crippen LogP contribution in [0.4, 0.5) is 0 Å². The van der Waals surface area contributed by atoms with Gasteiger partial charge in [-0.25, -0.2) is 0 Å². The van der Waals surface area contributed by atoms with E-state index in [1.807, 2.05) is 13.8 Å². The second kappa shape index (κ2) is 4.93. The fraction of sp³-hybridized carbons (Fsp3) is 0.625. The first-order valence-corrected chi connectivity index (χ1v) is 6.99. The Labute approximate surface area is 111 Å². The molecule has 0 saturated heterocycles. The third-order valence-corrected chi connectivity index (χ3v) is 4.55. The van der Waals surface area contributed by atoms with Crippen LogP contribution in [0.3, 0.4) is 0 Å². The van der Waals surface area contributed by atoms with Gasteiger partial charge in [-0.3, -0.25) is 0 Å². The van der Waals surface area contributed by atoms with Gasteiger partial charge in [0.05, 0.1) is 6.10 Å². The molecule has 0 aromatic heterocycles. The zero-order chi connectivity index (χ0) is 13.3. The summed E-state index contributed by atoms with van der Waals surface area (Å²) in [6.45, 7) is 8.65. The first-order chi connectivity index (χ1) is 8.47. The fourth-order valence-corrected chi connectivity index (χ4v) is 2.97. The van der Waals surface area contributed by atoms with E-state index in [-0.39, 0.29) is 11.5 Å². The number of hydrogen-bond donors (Lipinski definition) is 1. The Morgan fingerprint density at radius 1 is 1.33 bits per heavy atom. The minimum atomic E-state index is 0.230. The van der Waals surface area contributed by atoms with Gasteiger partial charge in [-0.1, -0.05) is 26.0 Å². The summed E-state index contributed by atoms with van der Waals surface area (Å²) in [5.41, 5.74) is 7.83. The Hall–Kier alpha value is -1.02. The minimum absolute atomic E-state index is 0.230. The van der Waals surface area contributed by atoms with Crippen molar-refractivity contribution in [1.82, 2.24) is 0 Å². The third-order valence-electron chi connectivity index (χ3n) is 4.55. The van der Waals surface area contributed by atoms with Crippen LogP contribution in [0.15, 0.2) is 24.3 Å². The molecule has 2 heteroatoms. The second-order valence-corrected chi connectivity index (χ2v) is 5.99. The summed E-state index contributed by atoms with van der Waals surface area (Å²) >= 11 is 0. The highest BCUT2D eigenvalue weighted by molar-refractivity contribution is 5.33. The highest BCUT2D eigenvalue weighted by Crippen LogP contribution is 2.53. The zero-order valence-electron chi connectivity index (χ0n) is 11.9. The molecule has 2 N–H and O–H groups in total. The van der Waals surface area contributed by atoms with E-state index in [4.69, 9.17) is 10.5 Å². The van der Waals surface area contributed by atoms with E-state index in [2.05, 4.69) is 38.1 Å². The van der Waals surface area contributed by atoms with E-state index in [9.17, 15) is 0 Å². The van der Waals surface area contributed by atoms with E-state index in [1.165, 1.54) is 5.56 Å². The van der Waals surface area contributed by atoms with Crippen molar-refractivity contribution in [2.75, 3.05) is 0 Å². The van der Waals surface area contributed by atoms with Crippen molar-refractivity contribution in [1.29, 1.82) is 0 Å². The quantitative estimate of drug-likeness (QED) is 0.880. The lowest BCUT2D eigenvalue weighted by atomic mass is 9.54. The van der Waals surface area contributed by atoms with Gasteiger partial charge in [0, 0.05) is 6.04 Å². The number of ether oxygens (including phenoxy) is 1. The zero-order valence-corrected chi connectivity index (χ0v) is 11.9. The molecule has 0 bridgehead atoms. The standard InChI is InChI=1S/C16H25NO/c1-5-16(4)14(10-15(16)17)12-6-8-13(9-7-12)18-11(2)3/h6-9,11,14-15H,5,10,17H2,1-4H3. The van der Waals surface area contributed by atoms with Crippen LogP contribution >= 0.6 is 0 Å². The summed E-state index contributed by atoms with van der Waals surface area (Å²) in [5, 5.41) is 0. The second-order valence-electron chi connectivity index (χ2n) is 5.99. The van der Waals surface area contributed by atoms with Crippen molar-refractivity contribution in [3.8, 4) is 5.75 Å². The first-order valence-electron chi connectivity index (χ1n) is 6.99. The van der Waals surface area contributed by atoms with Crippen LogP contribution in [-0.4, -0.2) is 12.1 Å². The van der Waals surface area contributed by atoms with Crippen LogP contribution in [-0.2, 0) is 0 Å². The molecule has 0 spiro atoms. The maximum Gasteiger partial charge on any atom is 0.119 e. The maximum atomic E-state index is 6.17. The largest absolute Gasteiger partial charge is 0.491 e. The Bertz CT molecular complexity index is 398. The normalized spacial score (nSPS) is 31.2. The number of nitrogens with two attached hydrogens (primary N) is 1. The van der Waals surface area contributed by atoms with Gasteiger partial charge in [-0.15, -0.1) is 0 Å². The van der Waals surface area contributed by atoms with Gasteiger partial charge in [0.2, 0.25) is 0 Å². The molecule has 0 amide bonds. The highest BCUT2D eigenvalue weighted by Gasteiger charge is 2.48. The summed E-state index contributed by atoms with van der Waals surface area (Å²) in [4.78, 5) is 0. The third kappa shape index (κ3) is 2.26. The van der Waals surface area contributed by atoms with Gasteiger partial charge in [-0.05, 0) is 55.7 Å².